The summed E-state index contributed by atoms with van der Waals surface area (Å²) in [5.74, 6) is 0. The second-order valence-corrected chi connectivity index (χ2v) is 5.98. The fourth-order valence-corrected chi connectivity index (χ4v) is 3.23. The molecule has 0 radical (unpaired) electrons. The average Bonchev–Trinajstić information content (AvgIpc) is 2.92. The number of halogens is 1. The number of nitrogens with zero attached hydrogens (tertiary/aromatic N) is 1. The summed E-state index contributed by atoms with van der Waals surface area (Å²) < 4.78 is 0. The van der Waals surface area contributed by atoms with Gasteiger partial charge in [-0.25, -0.2) is 0 Å². The van der Waals surface area contributed by atoms with Crippen LogP contribution in [0.2, 0.25) is 5.02 Å². The monoisotopic (exact) mass is 301 g/mol. The maximum Gasteiger partial charge on any atom is 0.0991 e. The molecule has 1 aliphatic rings. The van der Waals surface area contributed by atoms with Crippen LogP contribution in [0, 0.1) is 11.3 Å². The summed E-state index contributed by atoms with van der Waals surface area (Å²) in [5.41, 5.74) is 8.17. The Balaban J connectivity index is 1.78. The first kappa shape index (κ1) is 13.1. The number of hydrogen-bond donors (Lipinski definition) is 0. The van der Waals surface area contributed by atoms with E-state index in [0.717, 1.165) is 17.0 Å². The number of nitriles is 1. The Labute approximate surface area is 134 Å². The van der Waals surface area contributed by atoms with E-state index in [9.17, 15) is 0 Å². The molecule has 1 aliphatic carbocycles. The highest BCUT2D eigenvalue weighted by Gasteiger charge is 2.19. The lowest BCUT2D eigenvalue weighted by Crippen LogP contribution is -1.83. The second-order valence-electron chi connectivity index (χ2n) is 5.54. The van der Waals surface area contributed by atoms with Gasteiger partial charge in [-0.15, -0.1) is 0 Å². The largest absolute Gasteiger partial charge is 0.192 e. The first-order chi connectivity index (χ1) is 10.7. The predicted molar refractivity (Wildman–Crippen MR) is 89.8 cm³/mol. The molecule has 0 N–H and O–H groups in total. The van der Waals surface area contributed by atoms with Gasteiger partial charge in [0.1, 0.15) is 0 Å². The molecule has 0 unspecified atom stereocenters. The Hall–Kier alpha value is -2.56. The quantitative estimate of drug-likeness (QED) is 0.458. The van der Waals surface area contributed by atoms with Gasteiger partial charge in [0, 0.05) is 5.02 Å². The van der Waals surface area contributed by atoms with Crippen molar-refractivity contribution in [1.82, 2.24) is 0 Å². The van der Waals surface area contributed by atoms with Gasteiger partial charge in [0.2, 0.25) is 0 Å². The molecule has 0 aliphatic heterocycles. The van der Waals surface area contributed by atoms with Crippen LogP contribution in [0.3, 0.4) is 0 Å². The summed E-state index contributed by atoms with van der Waals surface area (Å²) in [6.45, 7) is 0. The standard InChI is InChI=1S/C20H12ClN/c21-18-5-2-14(3-6-18)15-4-8-20-17(10-15)11-16-9-13(12-22)1-7-19(16)20/h1-10H,11H2. The molecule has 104 valence electrons. The van der Waals surface area contributed by atoms with Crippen LogP contribution in [0.25, 0.3) is 22.3 Å². The van der Waals surface area contributed by atoms with Gasteiger partial charge in [-0.05, 0) is 64.1 Å². The second kappa shape index (κ2) is 5.02. The van der Waals surface area contributed by atoms with Gasteiger partial charge in [0.15, 0.2) is 0 Å². The molecule has 0 amide bonds. The van der Waals surface area contributed by atoms with Gasteiger partial charge >= 0.3 is 0 Å². The summed E-state index contributed by atoms with van der Waals surface area (Å²) in [5, 5.41) is 9.79. The van der Waals surface area contributed by atoms with E-state index in [0.29, 0.717) is 0 Å². The molecule has 0 saturated heterocycles. The van der Waals surface area contributed by atoms with Crippen LogP contribution in [-0.2, 0) is 6.42 Å². The van der Waals surface area contributed by atoms with E-state index in [1.54, 1.807) is 0 Å². The molecule has 0 bridgehead atoms. The first-order valence-corrected chi connectivity index (χ1v) is 7.55. The van der Waals surface area contributed by atoms with Crippen molar-refractivity contribution in [2.24, 2.45) is 0 Å². The van der Waals surface area contributed by atoms with Crippen LogP contribution in [0.4, 0.5) is 0 Å². The minimum atomic E-state index is 0.726. The molecule has 2 heteroatoms. The van der Waals surface area contributed by atoms with E-state index in [2.05, 4.69) is 30.3 Å². The third-order valence-corrected chi connectivity index (χ3v) is 4.44. The highest BCUT2D eigenvalue weighted by atomic mass is 35.5. The van der Waals surface area contributed by atoms with E-state index in [1.807, 2.05) is 36.4 Å². The van der Waals surface area contributed by atoms with Crippen molar-refractivity contribution in [3.05, 3.63) is 82.4 Å². The SMILES string of the molecule is N#Cc1ccc2c(c1)Cc1cc(-c3ccc(Cl)cc3)ccc1-2. The molecular weight excluding hydrogens is 290 g/mol. The van der Waals surface area contributed by atoms with Crippen molar-refractivity contribution in [3.63, 3.8) is 0 Å². The Morgan fingerprint density at radius 1 is 0.773 bits per heavy atom. The Morgan fingerprint density at radius 2 is 1.41 bits per heavy atom. The number of hydrogen-bond acceptors (Lipinski definition) is 1. The molecule has 22 heavy (non-hydrogen) atoms. The van der Waals surface area contributed by atoms with E-state index < -0.39 is 0 Å². The van der Waals surface area contributed by atoms with Gasteiger partial charge in [-0.1, -0.05) is 48.0 Å². The maximum atomic E-state index is 9.04. The highest BCUT2D eigenvalue weighted by Crippen LogP contribution is 2.39. The summed E-state index contributed by atoms with van der Waals surface area (Å²) in [6, 6.07) is 22.6. The van der Waals surface area contributed by atoms with Crippen molar-refractivity contribution in [3.8, 4) is 28.3 Å². The zero-order chi connectivity index (χ0) is 15.1. The van der Waals surface area contributed by atoms with E-state index in [1.165, 1.54) is 33.4 Å². The molecular formula is C20H12ClN. The molecule has 3 aromatic carbocycles. The lowest BCUT2D eigenvalue weighted by molar-refractivity contribution is 1.26. The molecule has 0 saturated carbocycles. The smallest absolute Gasteiger partial charge is 0.0991 e. The fourth-order valence-electron chi connectivity index (χ4n) is 3.10. The van der Waals surface area contributed by atoms with Crippen LogP contribution < -0.4 is 0 Å². The first-order valence-electron chi connectivity index (χ1n) is 7.17. The van der Waals surface area contributed by atoms with Gasteiger partial charge in [-0.2, -0.15) is 5.26 Å². The molecule has 0 atom stereocenters. The van der Waals surface area contributed by atoms with Crippen molar-refractivity contribution in [1.29, 1.82) is 5.26 Å². The minimum absolute atomic E-state index is 0.726. The number of benzene rings is 3. The number of fused-ring (bicyclic) bond motifs is 3. The number of rotatable bonds is 1. The summed E-state index contributed by atoms with van der Waals surface area (Å²) in [7, 11) is 0. The molecule has 0 aromatic heterocycles. The Kier molecular flexibility index (Phi) is 2.99. The third-order valence-electron chi connectivity index (χ3n) is 4.19. The topological polar surface area (TPSA) is 23.8 Å². The zero-order valence-electron chi connectivity index (χ0n) is 11.8. The van der Waals surface area contributed by atoms with Crippen LogP contribution in [0.15, 0.2) is 60.7 Å². The van der Waals surface area contributed by atoms with Gasteiger partial charge in [0.25, 0.3) is 0 Å². The van der Waals surface area contributed by atoms with E-state index in [4.69, 9.17) is 16.9 Å². The van der Waals surface area contributed by atoms with Crippen LogP contribution >= 0.6 is 11.6 Å². The highest BCUT2D eigenvalue weighted by molar-refractivity contribution is 6.30. The average molecular weight is 302 g/mol. The van der Waals surface area contributed by atoms with Crippen molar-refractivity contribution in [2.75, 3.05) is 0 Å². The Morgan fingerprint density at radius 3 is 2.14 bits per heavy atom. The molecule has 0 spiro atoms. The summed E-state index contributed by atoms with van der Waals surface area (Å²) in [4.78, 5) is 0. The third kappa shape index (κ3) is 2.09. The molecule has 4 rings (SSSR count). The Bertz CT molecular complexity index is 917. The van der Waals surface area contributed by atoms with Crippen LogP contribution in [-0.4, -0.2) is 0 Å². The summed E-state index contributed by atoms with van der Waals surface area (Å²) in [6.07, 6.45) is 0.890. The molecule has 1 nitrogen and oxygen atoms in total. The van der Waals surface area contributed by atoms with E-state index in [-0.39, 0.29) is 0 Å². The van der Waals surface area contributed by atoms with Crippen molar-refractivity contribution >= 4 is 11.6 Å². The van der Waals surface area contributed by atoms with Gasteiger partial charge in [0.05, 0.1) is 11.6 Å². The zero-order valence-corrected chi connectivity index (χ0v) is 12.6. The lowest BCUT2D eigenvalue weighted by Gasteiger charge is -2.06. The molecule has 3 aromatic rings. The van der Waals surface area contributed by atoms with Crippen molar-refractivity contribution < 1.29 is 0 Å². The molecule has 0 fully saturated rings. The van der Waals surface area contributed by atoms with Crippen LogP contribution in [0.1, 0.15) is 16.7 Å². The maximum absolute atomic E-state index is 9.04. The van der Waals surface area contributed by atoms with E-state index >= 15 is 0 Å². The normalized spacial score (nSPS) is 11.6. The molecule has 0 heterocycles. The van der Waals surface area contributed by atoms with Gasteiger partial charge in [-0.3, -0.25) is 0 Å². The summed E-state index contributed by atoms with van der Waals surface area (Å²) >= 11 is 5.96. The lowest BCUT2D eigenvalue weighted by atomic mass is 9.99. The van der Waals surface area contributed by atoms with Gasteiger partial charge < -0.3 is 0 Å². The van der Waals surface area contributed by atoms with Crippen molar-refractivity contribution in [2.45, 2.75) is 6.42 Å². The minimum Gasteiger partial charge on any atom is -0.192 e. The predicted octanol–water partition coefficient (Wildman–Crippen LogP) is 5.45. The fraction of sp³-hybridized carbons (Fsp3) is 0.0500. The van der Waals surface area contributed by atoms with Crippen LogP contribution in [0.5, 0.6) is 0 Å².